The first-order chi connectivity index (χ1) is 9.74. The van der Waals surface area contributed by atoms with Gasteiger partial charge in [-0.25, -0.2) is 9.78 Å². The third-order valence-corrected chi connectivity index (χ3v) is 4.39. The zero-order chi connectivity index (χ0) is 13.9. The van der Waals surface area contributed by atoms with Crippen LogP contribution >= 0.6 is 11.3 Å². The number of rotatable bonds is 2. The molecule has 2 heterocycles. The van der Waals surface area contributed by atoms with Crippen LogP contribution in [0.5, 0.6) is 0 Å². The highest BCUT2D eigenvalue weighted by Gasteiger charge is 2.23. The number of aromatic nitrogens is 1. The van der Waals surface area contributed by atoms with Gasteiger partial charge in [-0.2, -0.15) is 0 Å². The number of urea groups is 1. The van der Waals surface area contributed by atoms with E-state index in [1.54, 1.807) is 11.3 Å². The number of nitrogens with one attached hydrogen (secondary N) is 1. The Morgan fingerprint density at radius 2 is 2.40 bits per heavy atom. The van der Waals surface area contributed by atoms with Crippen LogP contribution < -0.4 is 5.32 Å². The second-order valence-corrected chi connectivity index (χ2v) is 5.97. The van der Waals surface area contributed by atoms with Crippen LogP contribution in [0.4, 0.5) is 4.79 Å². The Morgan fingerprint density at radius 3 is 3.20 bits per heavy atom. The lowest BCUT2D eigenvalue weighted by molar-refractivity contribution is 0.0190. The quantitative estimate of drug-likeness (QED) is 0.923. The smallest absolute Gasteiger partial charge is 0.318 e. The molecule has 1 fully saturated rings. The maximum absolute atomic E-state index is 12.1. The van der Waals surface area contributed by atoms with Crippen LogP contribution in [-0.2, 0) is 11.3 Å². The number of benzene rings is 1. The predicted octanol–water partition coefficient (Wildman–Crippen LogP) is 2.23. The Kier molecular flexibility index (Phi) is 3.84. The maximum atomic E-state index is 12.1. The van der Waals surface area contributed by atoms with Gasteiger partial charge in [0.1, 0.15) is 5.01 Å². The lowest BCUT2D eigenvalue weighted by Crippen LogP contribution is -2.51. The molecule has 0 unspecified atom stereocenters. The van der Waals surface area contributed by atoms with E-state index < -0.39 is 0 Å². The molecular weight excluding hydrogens is 274 g/mol. The molecule has 0 saturated carbocycles. The topological polar surface area (TPSA) is 54.5 Å². The van der Waals surface area contributed by atoms with E-state index in [0.717, 1.165) is 15.2 Å². The van der Waals surface area contributed by atoms with Crippen LogP contribution in [0.3, 0.4) is 0 Å². The van der Waals surface area contributed by atoms with Crippen molar-refractivity contribution >= 4 is 27.6 Å². The van der Waals surface area contributed by atoms with Gasteiger partial charge in [0.25, 0.3) is 0 Å². The molecule has 1 aromatic heterocycles. The molecule has 2 amide bonds. The minimum atomic E-state index is -0.0416. The molecule has 1 atom stereocenters. The van der Waals surface area contributed by atoms with Crippen molar-refractivity contribution in [2.75, 3.05) is 19.8 Å². The number of fused-ring (bicyclic) bond motifs is 1. The third kappa shape index (κ3) is 2.76. The first-order valence-electron chi connectivity index (χ1n) is 6.71. The molecule has 1 N–H and O–H groups in total. The highest BCUT2D eigenvalue weighted by atomic mass is 32.1. The maximum Gasteiger partial charge on any atom is 0.318 e. The minimum Gasteiger partial charge on any atom is -0.377 e. The van der Waals surface area contributed by atoms with Crippen molar-refractivity contribution in [1.29, 1.82) is 0 Å². The van der Waals surface area contributed by atoms with E-state index in [9.17, 15) is 4.79 Å². The molecule has 2 aromatic rings. The van der Waals surface area contributed by atoms with E-state index in [4.69, 9.17) is 4.74 Å². The molecule has 3 rings (SSSR count). The van der Waals surface area contributed by atoms with Crippen molar-refractivity contribution in [3.05, 3.63) is 29.3 Å². The lowest BCUT2D eigenvalue weighted by Gasteiger charge is -2.33. The van der Waals surface area contributed by atoms with E-state index in [0.29, 0.717) is 26.3 Å². The SMILES string of the molecule is C[C@H]1COCCN1C(=O)NCc1nc2ccccc2s1. The summed E-state index contributed by atoms with van der Waals surface area (Å²) < 4.78 is 6.48. The normalized spacial score (nSPS) is 19.2. The second kappa shape index (κ2) is 5.76. The number of hydrogen-bond donors (Lipinski definition) is 1. The van der Waals surface area contributed by atoms with Gasteiger partial charge in [0, 0.05) is 6.54 Å². The van der Waals surface area contributed by atoms with Crippen molar-refractivity contribution in [3.63, 3.8) is 0 Å². The van der Waals surface area contributed by atoms with E-state index in [2.05, 4.69) is 10.3 Å². The van der Waals surface area contributed by atoms with E-state index >= 15 is 0 Å². The average Bonchev–Trinajstić information content (AvgIpc) is 2.88. The number of thiazole rings is 1. The van der Waals surface area contributed by atoms with Crippen LogP contribution in [-0.4, -0.2) is 41.7 Å². The molecule has 0 radical (unpaired) electrons. The van der Waals surface area contributed by atoms with Crippen molar-refractivity contribution in [3.8, 4) is 0 Å². The van der Waals surface area contributed by atoms with E-state index in [-0.39, 0.29) is 12.1 Å². The van der Waals surface area contributed by atoms with Crippen LogP contribution in [0.15, 0.2) is 24.3 Å². The van der Waals surface area contributed by atoms with Crippen LogP contribution in [0.25, 0.3) is 10.2 Å². The summed E-state index contributed by atoms with van der Waals surface area (Å²) in [6, 6.07) is 8.08. The van der Waals surface area contributed by atoms with Gasteiger partial charge in [-0.05, 0) is 19.1 Å². The van der Waals surface area contributed by atoms with Gasteiger partial charge in [0.05, 0.1) is 36.0 Å². The number of carbonyl (C=O) groups is 1. The number of ether oxygens (including phenoxy) is 1. The summed E-state index contributed by atoms with van der Waals surface area (Å²) in [5.41, 5.74) is 0.987. The molecule has 1 aliphatic rings. The van der Waals surface area contributed by atoms with Gasteiger partial charge in [0.2, 0.25) is 0 Å². The van der Waals surface area contributed by atoms with Crippen LogP contribution in [0, 0.1) is 0 Å². The fourth-order valence-electron chi connectivity index (χ4n) is 2.28. The largest absolute Gasteiger partial charge is 0.377 e. The third-order valence-electron chi connectivity index (χ3n) is 3.36. The molecule has 1 saturated heterocycles. The Morgan fingerprint density at radius 1 is 1.55 bits per heavy atom. The summed E-state index contributed by atoms with van der Waals surface area (Å²) in [6.07, 6.45) is 0. The van der Waals surface area contributed by atoms with Crippen molar-refractivity contribution in [2.45, 2.75) is 19.5 Å². The number of amides is 2. The Labute approximate surface area is 121 Å². The lowest BCUT2D eigenvalue weighted by atomic mass is 10.3. The zero-order valence-electron chi connectivity index (χ0n) is 11.3. The summed E-state index contributed by atoms with van der Waals surface area (Å²) in [5, 5.41) is 3.87. The van der Waals surface area contributed by atoms with Gasteiger partial charge >= 0.3 is 6.03 Å². The first-order valence-corrected chi connectivity index (χ1v) is 7.52. The molecule has 0 bridgehead atoms. The molecular formula is C14H17N3O2S. The summed E-state index contributed by atoms with van der Waals surface area (Å²) in [7, 11) is 0. The van der Waals surface area contributed by atoms with Gasteiger partial charge in [-0.15, -0.1) is 11.3 Å². The monoisotopic (exact) mass is 291 g/mol. The highest BCUT2D eigenvalue weighted by molar-refractivity contribution is 7.18. The zero-order valence-corrected chi connectivity index (χ0v) is 12.2. The standard InChI is InChI=1S/C14H17N3O2S/c1-10-9-19-7-6-17(10)14(18)15-8-13-16-11-4-2-3-5-12(11)20-13/h2-5,10H,6-9H2,1H3,(H,15,18)/t10-/m0/s1. The van der Waals surface area contributed by atoms with Gasteiger partial charge in [0.15, 0.2) is 0 Å². The molecule has 6 heteroatoms. The summed E-state index contributed by atoms with van der Waals surface area (Å²) in [5.74, 6) is 0. The van der Waals surface area contributed by atoms with E-state index in [1.165, 1.54) is 0 Å². The molecule has 106 valence electrons. The number of nitrogens with zero attached hydrogens (tertiary/aromatic N) is 2. The Balaban J connectivity index is 1.62. The highest BCUT2D eigenvalue weighted by Crippen LogP contribution is 2.21. The Hall–Kier alpha value is -1.66. The summed E-state index contributed by atoms with van der Waals surface area (Å²) in [4.78, 5) is 18.5. The van der Waals surface area contributed by atoms with Crippen molar-refractivity contribution < 1.29 is 9.53 Å². The summed E-state index contributed by atoms with van der Waals surface area (Å²) in [6.45, 7) is 4.33. The molecule has 0 aliphatic carbocycles. The predicted molar refractivity (Wildman–Crippen MR) is 78.8 cm³/mol. The van der Waals surface area contributed by atoms with E-state index in [1.807, 2.05) is 36.1 Å². The van der Waals surface area contributed by atoms with Crippen LogP contribution in [0.1, 0.15) is 11.9 Å². The number of para-hydroxylation sites is 1. The molecule has 0 spiro atoms. The molecule has 1 aromatic carbocycles. The molecule has 20 heavy (non-hydrogen) atoms. The minimum absolute atomic E-state index is 0.0416. The summed E-state index contributed by atoms with van der Waals surface area (Å²) >= 11 is 1.62. The number of carbonyl (C=O) groups excluding carboxylic acids is 1. The molecule has 5 nitrogen and oxygen atoms in total. The fourth-order valence-corrected chi connectivity index (χ4v) is 3.18. The Bertz CT molecular complexity index is 580. The second-order valence-electron chi connectivity index (χ2n) is 4.85. The van der Waals surface area contributed by atoms with Crippen molar-refractivity contribution in [1.82, 2.24) is 15.2 Å². The number of morpholine rings is 1. The molecule has 1 aliphatic heterocycles. The fraction of sp³-hybridized carbons (Fsp3) is 0.429. The van der Waals surface area contributed by atoms with Crippen molar-refractivity contribution in [2.24, 2.45) is 0 Å². The van der Waals surface area contributed by atoms with Crippen LogP contribution in [0.2, 0.25) is 0 Å². The van der Waals surface area contributed by atoms with Gasteiger partial charge < -0.3 is 15.0 Å². The van der Waals surface area contributed by atoms with Gasteiger partial charge in [-0.3, -0.25) is 0 Å². The average molecular weight is 291 g/mol. The first kappa shape index (κ1) is 13.3. The van der Waals surface area contributed by atoms with Gasteiger partial charge in [-0.1, -0.05) is 12.1 Å². The number of hydrogen-bond acceptors (Lipinski definition) is 4.